The van der Waals surface area contributed by atoms with Gasteiger partial charge in [-0.25, -0.2) is 9.97 Å². The van der Waals surface area contributed by atoms with Crippen LogP contribution in [-0.4, -0.2) is 35.6 Å². The van der Waals surface area contributed by atoms with Crippen molar-refractivity contribution in [3.8, 4) is 0 Å². The molecule has 100 valence electrons. The van der Waals surface area contributed by atoms with Crippen molar-refractivity contribution < 1.29 is 9.53 Å². The minimum absolute atomic E-state index is 0.166. The fourth-order valence-electron chi connectivity index (χ4n) is 1.60. The molecule has 1 aromatic heterocycles. The van der Waals surface area contributed by atoms with E-state index in [1.807, 2.05) is 20.8 Å². The van der Waals surface area contributed by atoms with Gasteiger partial charge in [0.2, 0.25) is 0 Å². The number of carbonyl (C=O) groups is 1. The van der Waals surface area contributed by atoms with Crippen molar-refractivity contribution in [2.24, 2.45) is 5.92 Å². The molecule has 0 radical (unpaired) electrons. The van der Waals surface area contributed by atoms with Gasteiger partial charge in [-0.05, 0) is 13.8 Å². The van der Waals surface area contributed by atoms with Gasteiger partial charge in [-0.1, -0.05) is 16.2 Å². The molecule has 1 aromatic rings. The van der Waals surface area contributed by atoms with Crippen LogP contribution in [0, 0.1) is 5.92 Å². The maximum absolute atomic E-state index is 11.6. The Bertz CT molecular complexity index is 383. The van der Waals surface area contributed by atoms with Gasteiger partial charge in [-0.15, -0.1) is 0 Å². The van der Waals surface area contributed by atoms with Gasteiger partial charge in [0.05, 0.1) is 30.6 Å². The first kappa shape index (κ1) is 14.8. The summed E-state index contributed by atoms with van der Waals surface area (Å²) in [6.45, 7) is 7.53. The zero-order valence-corrected chi connectivity index (χ0v) is 12.2. The van der Waals surface area contributed by atoms with Crippen LogP contribution in [0.25, 0.3) is 0 Å². The average molecular weight is 269 g/mol. The third-order valence-corrected chi connectivity index (χ3v) is 2.89. The minimum atomic E-state index is -0.167. The van der Waals surface area contributed by atoms with Crippen LogP contribution in [0.4, 0.5) is 5.69 Å². The maximum Gasteiger partial charge on any atom is 0.310 e. The molecule has 1 heterocycles. The molecule has 0 aliphatic carbocycles. The Morgan fingerprint density at radius 3 is 2.56 bits per heavy atom. The van der Waals surface area contributed by atoms with Crippen LogP contribution in [0.1, 0.15) is 20.8 Å². The third kappa shape index (κ3) is 4.22. The number of ether oxygens (including phenoxy) is 1. The Balaban J connectivity index is 2.67. The molecule has 0 fully saturated rings. The molecule has 0 saturated heterocycles. The van der Waals surface area contributed by atoms with Crippen LogP contribution in [0.5, 0.6) is 0 Å². The van der Waals surface area contributed by atoms with E-state index in [1.165, 1.54) is 0 Å². The fourth-order valence-corrected chi connectivity index (χ4v) is 1.75. The Morgan fingerprint density at radius 1 is 1.44 bits per heavy atom. The van der Waals surface area contributed by atoms with Crippen LogP contribution in [-0.2, 0) is 9.53 Å². The van der Waals surface area contributed by atoms with Gasteiger partial charge in [0.15, 0.2) is 0 Å². The Hall–Kier alpha value is -1.22. The van der Waals surface area contributed by atoms with Gasteiger partial charge in [0.1, 0.15) is 5.57 Å². The average Bonchev–Trinajstić information content (AvgIpc) is 2.37. The summed E-state index contributed by atoms with van der Waals surface area (Å²) in [5.41, 5.74) is 1.58. The summed E-state index contributed by atoms with van der Waals surface area (Å²) >= 11 is 0. The highest BCUT2D eigenvalue weighted by Crippen LogP contribution is 2.13. The van der Waals surface area contributed by atoms with E-state index in [0.29, 0.717) is 18.7 Å². The molecule has 2 unspecified atom stereocenters. The smallest absolute Gasteiger partial charge is 0.310 e. The molecule has 1 rings (SSSR count). The first-order chi connectivity index (χ1) is 8.58. The summed E-state index contributed by atoms with van der Waals surface area (Å²) < 4.78 is 5.00. The molecule has 0 spiro atoms. The van der Waals surface area contributed by atoms with Crippen LogP contribution in [0.15, 0.2) is 12.4 Å². The molecule has 0 aromatic carbocycles. The first-order valence-corrected chi connectivity index (χ1v) is 6.65. The van der Waals surface area contributed by atoms with Crippen molar-refractivity contribution in [2.45, 2.75) is 20.8 Å². The number of esters is 1. The van der Waals surface area contributed by atoms with E-state index in [2.05, 4.69) is 24.1 Å². The topological polar surface area (TPSA) is 55.3 Å². The van der Waals surface area contributed by atoms with Crippen molar-refractivity contribution in [3.63, 3.8) is 0 Å². The van der Waals surface area contributed by atoms with Crippen molar-refractivity contribution in [1.82, 2.24) is 9.97 Å². The van der Waals surface area contributed by atoms with E-state index in [4.69, 9.17) is 4.74 Å². The molecule has 0 amide bonds. The number of hydrogen-bond acceptors (Lipinski definition) is 5. The molecule has 0 aliphatic heterocycles. The number of nitrogens with zero attached hydrogens (tertiary/aromatic N) is 3. The van der Waals surface area contributed by atoms with Crippen molar-refractivity contribution in [3.05, 3.63) is 12.4 Å². The van der Waals surface area contributed by atoms with Gasteiger partial charge in [0.25, 0.3) is 0 Å². The van der Waals surface area contributed by atoms with Gasteiger partial charge in [0, 0.05) is 13.1 Å². The first-order valence-electron chi connectivity index (χ1n) is 6.07. The summed E-state index contributed by atoms with van der Waals surface area (Å²) in [7, 11) is 2.45. The van der Waals surface area contributed by atoms with Gasteiger partial charge < -0.3 is 9.64 Å². The molecular weight excluding hydrogens is 249 g/mol. The number of rotatable bonds is 6. The summed E-state index contributed by atoms with van der Waals surface area (Å²) in [6.07, 6.45) is 3.52. The highest BCUT2D eigenvalue weighted by molar-refractivity contribution is 7.26. The molecular formula is C12H20N3O2P. The second-order valence-electron chi connectivity index (χ2n) is 3.99. The molecule has 0 saturated carbocycles. The van der Waals surface area contributed by atoms with E-state index in [-0.39, 0.29) is 11.9 Å². The van der Waals surface area contributed by atoms with Crippen LogP contribution < -0.4 is 10.5 Å². The lowest BCUT2D eigenvalue weighted by Gasteiger charge is -2.25. The molecule has 0 bridgehead atoms. The second kappa shape index (κ2) is 7.27. The highest BCUT2D eigenvalue weighted by Gasteiger charge is 2.18. The van der Waals surface area contributed by atoms with E-state index >= 15 is 0 Å². The van der Waals surface area contributed by atoms with Crippen LogP contribution >= 0.6 is 9.24 Å². The summed E-state index contributed by atoms with van der Waals surface area (Å²) in [5.74, 6) is -0.333. The summed E-state index contributed by atoms with van der Waals surface area (Å²) in [4.78, 5) is 21.9. The SMILES string of the molecule is CCOC(=O)C(C)CN(CC)c1cnc(P)nc1. The highest BCUT2D eigenvalue weighted by atomic mass is 31.0. The van der Waals surface area contributed by atoms with E-state index in [1.54, 1.807) is 12.4 Å². The number of aromatic nitrogens is 2. The molecule has 5 nitrogen and oxygen atoms in total. The number of hydrogen-bond donors (Lipinski definition) is 0. The largest absolute Gasteiger partial charge is 0.466 e. The molecule has 6 heteroatoms. The van der Waals surface area contributed by atoms with Gasteiger partial charge in [-0.2, -0.15) is 0 Å². The van der Waals surface area contributed by atoms with Crippen molar-refractivity contribution >= 4 is 26.5 Å². The predicted molar refractivity (Wildman–Crippen MR) is 75.1 cm³/mol. The number of anilines is 1. The fraction of sp³-hybridized carbons (Fsp3) is 0.583. The van der Waals surface area contributed by atoms with Crippen LogP contribution in [0.2, 0.25) is 0 Å². The van der Waals surface area contributed by atoms with Crippen LogP contribution in [0.3, 0.4) is 0 Å². The molecule has 2 atom stereocenters. The summed E-state index contributed by atoms with van der Waals surface area (Å²) in [5, 5.41) is 0. The van der Waals surface area contributed by atoms with E-state index in [9.17, 15) is 4.79 Å². The minimum Gasteiger partial charge on any atom is -0.466 e. The Morgan fingerprint density at radius 2 is 2.06 bits per heavy atom. The lowest BCUT2D eigenvalue weighted by atomic mass is 10.1. The van der Waals surface area contributed by atoms with Crippen molar-refractivity contribution in [1.29, 1.82) is 0 Å². The molecule has 0 N–H and O–H groups in total. The molecule has 18 heavy (non-hydrogen) atoms. The maximum atomic E-state index is 11.6. The predicted octanol–water partition coefficient (Wildman–Crippen LogP) is 1.00. The Kier molecular flexibility index (Phi) is 5.99. The number of carbonyl (C=O) groups excluding carboxylic acids is 1. The quantitative estimate of drug-likeness (QED) is 0.569. The van der Waals surface area contributed by atoms with Gasteiger partial charge in [-0.3, -0.25) is 4.79 Å². The normalized spacial score (nSPS) is 12.0. The Labute approximate surface area is 110 Å². The van der Waals surface area contributed by atoms with Crippen molar-refractivity contribution in [2.75, 3.05) is 24.6 Å². The second-order valence-corrected chi connectivity index (χ2v) is 4.51. The lowest BCUT2D eigenvalue weighted by molar-refractivity contribution is -0.147. The standard InChI is InChI=1S/C12H20N3O2P/c1-4-15(8-9(3)11(16)17-5-2)10-6-13-12(18)14-7-10/h6-7,9H,4-5,8,18H2,1-3H3. The monoisotopic (exact) mass is 269 g/mol. The third-order valence-electron chi connectivity index (χ3n) is 2.59. The molecule has 0 aliphatic rings. The van der Waals surface area contributed by atoms with E-state index < -0.39 is 0 Å². The zero-order chi connectivity index (χ0) is 13.5. The summed E-state index contributed by atoms with van der Waals surface area (Å²) in [6, 6.07) is 0. The zero-order valence-electron chi connectivity index (χ0n) is 11.1. The van der Waals surface area contributed by atoms with E-state index in [0.717, 1.165) is 12.2 Å². The van der Waals surface area contributed by atoms with Gasteiger partial charge >= 0.3 is 5.97 Å². The lowest BCUT2D eigenvalue weighted by Crippen LogP contribution is -2.33.